The van der Waals surface area contributed by atoms with Crippen molar-refractivity contribution in [2.45, 2.75) is 45.4 Å². The number of carbonyl (C=O) groups excluding carboxylic acids is 1. The van der Waals surface area contributed by atoms with Gasteiger partial charge in [0, 0.05) is 11.1 Å². The van der Waals surface area contributed by atoms with E-state index in [9.17, 15) is 13.2 Å². The topological polar surface area (TPSA) is 86.5 Å². The number of Topliss-reactive ketones (excluding diaryl/α,β-unsaturated/α-hetero) is 1. The van der Waals surface area contributed by atoms with Gasteiger partial charge in [-0.1, -0.05) is 100 Å². The number of benzene rings is 3. The second-order valence-electron chi connectivity index (χ2n) is 8.45. The van der Waals surface area contributed by atoms with Crippen molar-refractivity contribution in [2.75, 3.05) is 0 Å². The summed E-state index contributed by atoms with van der Waals surface area (Å²) in [5, 5.41) is 5.24. The number of hydrogen-bond donors (Lipinski definition) is 1. The predicted molar refractivity (Wildman–Crippen MR) is 127 cm³/mol. The van der Waals surface area contributed by atoms with Crippen LogP contribution in [0.5, 0.6) is 5.75 Å². The van der Waals surface area contributed by atoms with E-state index < -0.39 is 16.2 Å². The minimum atomic E-state index is -4.27. The highest BCUT2D eigenvalue weighted by Crippen LogP contribution is 2.40. The summed E-state index contributed by atoms with van der Waals surface area (Å²) in [5.74, 6) is -0.699. The summed E-state index contributed by atoms with van der Waals surface area (Å²) in [5.41, 5.74) is 3.39. The van der Waals surface area contributed by atoms with Crippen LogP contribution in [0.25, 0.3) is 0 Å². The van der Waals surface area contributed by atoms with Crippen LogP contribution >= 0.6 is 0 Å². The molecule has 0 unspecified atom stereocenters. The molecule has 0 aromatic heterocycles. The fourth-order valence-electron chi connectivity index (χ4n) is 4.01. The van der Waals surface area contributed by atoms with E-state index in [1.807, 2.05) is 88.4 Å². The van der Waals surface area contributed by atoms with Crippen LogP contribution in [-0.2, 0) is 10.3 Å². The first-order valence-corrected chi connectivity index (χ1v) is 12.1. The molecule has 5 nitrogen and oxygen atoms in total. The Labute approximate surface area is 190 Å². The van der Waals surface area contributed by atoms with Crippen molar-refractivity contribution >= 4 is 16.1 Å². The molecule has 2 N–H and O–H groups in total. The summed E-state index contributed by atoms with van der Waals surface area (Å²) in [6.45, 7) is 7.69. The number of hydrogen-bond acceptors (Lipinski definition) is 4. The van der Waals surface area contributed by atoms with Crippen molar-refractivity contribution in [2.24, 2.45) is 5.14 Å². The van der Waals surface area contributed by atoms with Gasteiger partial charge in [0.2, 0.25) is 0 Å². The number of rotatable bonds is 8. The van der Waals surface area contributed by atoms with Crippen molar-refractivity contribution in [1.82, 2.24) is 0 Å². The minimum Gasteiger partial charge on any atom is -0.370 e. The lowest BCUT2D eigenvalue weighted by Gasteiger charge is -2.24. The zero-order chi connectivity index (χ0) is 23.5. The summed E-state index contributed by atoms with van der Waals surface area (Å²) in [4.78, 5) is 14.0. The molecule has 32 heavy (non-hydrogen) atoms. The van der Waals surface area contributed by atoms with Crippen molar-refractivity contribution in [3.8, 4) is 5.75 Å². The van der Waals surface area contributed by atoms with Gasteiger partial charge in [-0.05, 0) is 28.5 Å². The van der Waals surface area contributed by atoms with Gasteiger partial charge in [0.15, 0.2) is 11.5 Å². The van der Waals surface area contributed by atoms with Crippen LogP contribution < -0.4 is 9.32 Å². The first-order chi connectivity index (χ1) is 15.1. The first-order valence-electron chi connectivity index (χ1n) is 10.6. The van der Waals surface area contributed by atoms with Crippen LogP contribution in [0.4, 0.5) is 0 Å². The Hall–Kier alpha value is -2.96. The number of carbonyl (C=O) groups is 1. The third-order valence-corrected chi connectivity index (χ3v) is 5.82. The van der Waals surface area contributed by atoms with E-state index in [-0.39, 0.29) is 23.4 Å². The normalized spacial score (nSPS) is 11.9. The lowest BCUT2D eigenvalue weighted by molar-refractivity contribution is 0.0972. The maximum Gasteiger partial charge on any atom is 0.380 e. The maximum absolute atomic E-state index is 14.0. The van der Waals surface area contributed by atoms with Crippen molar-refractivity contribution in [3.05, 3.63) is 101 Å². The summed E-state index contributed by atoms with van der Waals surface area (Å²) in [6, 6.07) is 22.7. The van der Waals surface area contributed by atoms with Gasteiger partial charge < -0.3 is 4.18 Å². The van der Waals surface area contributed by atoms with Crippen LogP contribution in [0.3, 0.4) is 0 Å². The van der Waals surface area contributed by atoms with Gasteiger partial charge in [-0.2, -0.15) is 13.6 Å². The lowest BCUT2D eigenvalue weighted by Crippen LogP contribution is -2.23. The number of ketones is 1. The van der Waals surface area contributed by atoms with Crippen LogP contribution in [0.2, 0.25) is 0 Å². The van der Waals surface area contributed by atoms with Gasteiger partial charge in [0.1, 0.15) is 0 Å². The molecule has 0 aliphatic rings. The van der Waals surface area contributed by atoms with Gasteiger partial charge in [-0.15, -0.1) is 0 Å². The van der Waals surface area contributed by atoms with E-state index in [1.54, 1.807) is 12.1 Å². The zero-order valence-electron chi connectivity index (χ0n) is 18.8. The fraction of sp³-hybridized carbons (Fsp3) is 0.269. The molecular formula is C26H29NO4S. The average Bonchev–Trinajstić information content (AvgIpc) is 2.73. The highest BCUT2D eigenvalue weighted by atomic mass is 32.2. The summed E-state index contributed by atoms with van der Waals surface area (Å²) >= 11 is 0. The molecule has 0 atom stereocenters. The Balaban J connectivity index is 2.26. The van der Waals surface area contributed by atoms with Gasteiger partial charge >= 0.3 is 10.3 Å². The van der Waals surface area contributed by atoms with Gasteiger partial charge in [-0.25, -0.2) is 0 Å². The molecule has 0 fully saturated rings. The molecule has 3 rings (SSSR count). The molecule has 0 heterocycles. The first kappa shape index (κ1) is 23.7. The van der Waals surface area contributed by atoms with E-state index in [4.69, 9.17) is 9.32 Å². The monoisotopic (exact) mass is 451 g/mol. The second kappa shape index (κ2) is 9.67. The maximum atomic E-state index is 14.0. The molecule has 3 aromatic rings. The Kier molecular flexibility index (Phi) is 7.16. The van der Waals surface area contributed by atoms with E-state index in [0.29, 0.717) is 16.7 Å². The number of nitrogens with two attached hydrogens (primary N) is 1. The Bertz CT molecular complexity index is 1150. The van der Waals surface area contributed by atoms with E-state index in [1.165, 1.54) is 0 Å². The largest absolute Gasteiger partial charge is 0.380 e. The fourth-order valence-corrected chi connectivity index (χ4v) is 4.43. The Morgan fingerprint density at radius 3 is 1.69 bits per heavy atom. The van der Waals surface area contributed by atoms with Crippen LogP contribution in [0.15, 0.2) is 72.8 Å². The van der Waals surface area contributed by atoms with E-state index >= 15 is 0 Å². The van der Waals surface area contributed by atoms with Crippen molar-refractivity contribution in [1.29, 1.82) is 0 Å². The molecular weight excluding hydrogens is 422 g/mol. The highest BCUT2D eigenvalue weighted by molar-refractivity contribution is 7.84. The third-order valence-electron chi connectivity index (χ3n) is 5.42. The second-order valence-corrected chi connectivity index (χ2v) is 9.60. The third kappa shape index (κ3) is 5.26. The van der Waals surface area contributed by atoms with Crippen LogP contribution in [0, 0.1) is 0 Å². The average molecular weight is 452 g/mol. The van der Waals surface area contributed by atoms with Crippen molar-refractivity contribution in [3.63, 3.8) is 0 Å². The Morgan fingerprint density at radius 1 is 0.781 bits per heavy atom. The molecule has 0 aliphatic heterocycles. The van der Waals surface area contributed by atoms with Gasteiger partial charge in [0.05, 0.1) is 5.92 Å². The van der Waals surface area contributed by atoms with Gasteiger partial charge in [0.25, 0.3) is 0 Å². The molecule has 0 amide bonds. The molecule has 0 saturated heterocycles. The summed E-state index contributed by atoms with van der Waals surface area (Å²) in [7, 11) is -4.27. The van der Waals surface area contributed by atoms with E-state index in [0.717, 1.165) is 11.1 Å². The predicted octanol–water partition coefficient (Wildman–Crippen LogP) is 5.53. The Morgan fingerprint density at radius 2 is 1.28 bits per heavy atom. The quantitative estimate of drug-likeness (QED) is 0.456. The SMILES string of the molecule is CC(C)c1ccc(C(=O)C(c2ccccc2)c2ccccc2)c(C(C)C)c1OS(N)(=O)=O. The van der Waals surface area contributed by atoms with E-state index in [2.05, 4.69) is 0 Å². The smallest absolute Gasteiger partial charge is 0.370 e. The van der Waals surface area contributed by atoms with Crippen LogP contribution in [0.1, 0.15) is 78.1 Å². The highest BCUT2D eigenvalue weighted by Gasteiger charge is 2.30. The van der Waals surface area contributed by atoms with Crippen molar-refractivity contribution < 1.29 is 17.4 Å². The molecule has 168 valence electrons. The van der Waals surface area contributed by atoms with Gasteiger partial charge in [-0.3, -0.25) is 4.79 Å². The summed E-state index contributed by atoms with van der Waals surface area (Å²) < 4.78 is 29.0. The molecule has 0 spiro atoms. The summed E-state index contributed by atoms with van der Waals surface area (Å²) in [6.07, 6.45) is 0. The van der Waals surface area contributed by atoms with Crippen LogP contribution in [-0.4, -0.2) is 14.2 Å². The molecule has 0 saturated carbocycles. The lowest BCUT2D eigenvalue weighted by atomic mass is 9.80. The molecule has 6 heteroatoms. The molecule has 0 bridgehead atoms. The standard InChI is InChI=1S/C26H29NO4S/c1-17(2)21-15-16-22(23(18(3)4)26(21)31-32(27,29)30)25(28)24(19-11-7-5-8-12-19)20-13-9-6-10-14-20/h5-18,24H,1-4H3,(H2,27,29,30). The molecule has 0 radical (unpaired) electrons. The minimum absolute atomic E-state index is 0.0209. The zero-order valence-corrected chi connectivity index (χ0v) is 19.6. The molecule has 3 aromatic carbocycles. The molecule has 0 aliphatic carbocycles.